The third-order valence-electron chi connectivity index (χ3n) is 3.06. The van der Waals surface area contributed by atoms with Crippen LogP contribution in [0.25, 0.3) is 0 Å². The Balaban J connectivity index is 1.78. The first kappa shape index (κ1) is 13.1. The highest BCUT2D eigenvalue weighted by Crippen LogP contribution is 2.13. The average Bonchev–Trinajstić information content (AvgIpc) is 2.90. The molecule has 1 fully saturated rings. The van der Waals surface area contributed by atoms with Crippen molar-refractivity contribution in [3.05, 3.63) is 12.3 Å². The average molecular weight is 250 g/mol. The van der Waals surface area contributed by atoms with E-state index in [2.05, 4.69) is 27.5 Å². The first-order valence-corrected chi connectivity index (χ1v) is 6.77. The fourth-order valence-corrected chi connectivity index (χ4v) is 1.91. The maximum Gasteiger partial charge on any atom is 0.224 e. The van der Waals surface area contributed by atoms with Gasteiger partial charge in [0.25, 0.3) is 0 Å². The molecule has 0 aromatic carbocycles. The summed E-state index contributed by atoms with van der Waals surface area (Å²) in [5.74, 6) is 2.20. The van der Waals surface area contributed by atoms with Crippen molar-refractivity contribution in [1.29, 1.82) is 0 Å². The van der Waals surface area contributed by atoms with E-state index in [1.807, 2.05) is 6.07 Å². The predicted octanol–water partition coefficient (Wildman–Crippen LogP) is 2.14. The monoisotopic (exact) mass is 250 g/mol. The van der Waals surface area contributed by atoms with Crippen LogP contribution in [0.1, 0.15) is 26.2 Å². The number of rotatable bonds is 7. The molecule has 1 unspecified atom stereocenters. The molecule has 2 rings (SSSR count). The third kappa shape index (κ3) is 4.14. The standard InChI is InChI=1S/C13H22N4O/c1-2-3-6-14-13-15-7-4-12(17-13)16-9-11-5-8-18-10-11/h4,7,11H,2-3,5-6,8-10H2,1H3,(H2,14,15,16,17). The Labute approximate surface area is 108 Å². The molecule has 2 heterocycles. The zero-order chi connectivity index (χ0) is 12.6. The van der Waals surface area contributed by atoms with Crippen LogP contribution in [0.5, 0.6) is 0 Å². The second-order valence-corrected chi connectivity index (χ2v) is 4.66. The Hall–Kier alpha value is -1.36. The van der Waals surface area contributed by atoms with Gasteiger partial charge in [-0.3, -0.25) is 0 Å². The summed E-state index contributed by atoms with van der Waals surface area (Å²) in [6.07, 6.45) is 5.24. The molecule has 1 aromatic heterocycles. The van der Waals surface area contributed by atoms with E-state index in [1.165, 1.54) is 6.42 Å². The van der Waals surface area contributed by atoms with E-state index in [9.17, 15) is 0 Å². The molecular weight excluding hydrogens is 228 g/mol. The molecule has 0 spiro atoms. The predicted molar refractivity (Wildman–Crippen MR) is 72.8 cm³/mol. The Morgan fingerprint density at radius 3 is 3.17 bits per heavy atom. The van der Waals surface area contributed by atoms with Gasteiger partial charge in [0.1, 0.15) is 5.82 Å². The number of anilines is 2. The highest BCUT2D eigenvalue weighted by atomic mass is 16.5. The highest BCUT2D eigenvalue weighted by Gasteiger charge is 2.15. The molecule has 5 heteroatoms. The molecule has 18 heavy (non-hydrogen) atoms. The van der Waals surface area contributed by atoms with E-state index in [0.29, 0.717) is 11.9 Å². The van der Waals surface area contributed by atoms with Gasteiger partial charge in [-0.2, -0.15) is 4.98 Å². The van der Waals surface area contributed by atoms with Gasteiger partial charge in [0.15, 0.2) is 0 Å². The summed E-state index contributed by atoms with van der Waals surface area (Å²) in [4.78, 5) is 8.64. The molecule has 0 bridgehead atoms. The van der Waals surface area contributed by atoms with Gasteiger partial charge in [-0.15, -0.1) is 0 Å². The topological polar surface area (TPSA) is 59.1 Å². The number of hydrogen-bond donors (Lipinski definition) is 2. The Morgan fingerprint density at radius 2 is 2.39 bits per heavy atom. The van der Waals surface area contributed by atoms with Gasteiger partial charge in [0.2, 0.25) is 5.95 Å². The minimum absolute atomic E-state index is 0.608. The lowest BCUT2D eigenvalue weighted by molar-refractivity contribution is 0.187. The molecule has 100 valence electrons. The Kier molecular flexibility index (Phi) is 5.20. The van der Waals surface area contributed by atoms with Crippen molar-refractivity contribution in [2.75, 3.05) is 36.9 Å². The molecule has 1 aromatic rings. The fourth-order valence-electron chi connectivity index (χ4n) is 1.91. The van der Waals surface area contributed by atoms with Gasteiger partial charge in [-0.05, 0) is 18.9 Å². The first-order chi connectivity index (χ1) is 8.88. The molecule has 0 saturated carbocycles. The first-order valence-electron chi connectivity index (χ1n) is 6.77. The summed E-state index contributed by atoms with van der Waals surface area (Å²) in [5, 5.41) is 6.57. The van der Waals surface area contributed by atoms with Crippen LogP contribution < -0.4 is 10.6 Å². The summed E-state index contributed by atoms with van der Waals surface area (Å²) in [5.41, 5.74) is 0. The van der Waals surface area contributed by atoms with E-state index < -0.39 is 0 Å². The van der Waals surface area contributed by atoms with Crippen LogP contribution in [-0.2, 0) is 4.74 Å². The maximum atomic E-state index is 5.35. The summed E-state index contributed by atoms with van der Waals surface area (Å²) in [6.45, 7) is 5.77. The van der Waals surface area contributed by atoms with Crippen molar-refractivity contribution < 1.29 is 4.74 Å². The molecule has 0 amide bonds. The van der Waals surface area contributed by atoms with Crippen molar-refractivity contribution in [1.82, 2.24) is 9.97 Å². The third-order valence-corrected chi connectivity index (χ3v) is 3.06. The van der Waals surface area contributed by atoms with Gasteiger partial charge in [0.05, 0.1) is 6.61 Å². The van der Waals surface area contributed by atoms with Crippen molar-refractivity contribution in [3.63, 3.8) is 0 Å². The lowest BCUT2D eigenvalue weighted by atomic mass is 10.1. The van der Waals surface area contributed by atoms with Crippen molar-refractivity contribution >= 4 is 11.8 Å². The minimum atomic E-state index is 0.608. The second-order valence-electron chi connectivity index (χ2n) is 4.66. The smallest absolute Gasteiger partial charge is 0.224 e. The molecule has 1 saturated heterocycles. The molecule has 1 aliphatic heterocycles. The van der Waals surface area contributed by atoms with Crippen LogP contribution in [0, 0.1) is 5.92 Å². The minimum Gasteiger partial charge on any atom is -0.381 e. The van der Waals surface area contributed by atoms with Crippen molar-refractivity contribution in [2.45, 2.75) is 26.2 Å². The SMILES string of the molecule is CCCCNc1nccc(NCC2CCOC2)n1. The zero-order valence-corrected chi connectivity index (χ0v) is 11.0. The zero-order valence-electron chi connectivity index (χ0n) is 11.0. The maximum absolute atomic E-state index is 5.35. The Morgan fingerprint density at radius 1 is 1.44 bits per heavy atom. The normalized spacial score (nSPS) is 18.8. The lowest BCUT2D eigenvalue weighted by Crippen LogP contribution is -2.15. The summed E-state index contributed by atoms with van der Waals surface area (Å²) in [6, 6.07) is 1.90. The van der Waals surface area contributed by atoms with E-state index in [4.69, 9.17) is 4.74 Å². The van der Waals surface area contributed by atoms with Gasteiger partial charge >= 0.3 is 0 Å². The number of unbranched alkanes of at least 4 members (excludes halogenated alkanes) is 1. The largest absolute Gasteiger partial charge is 0.381 e. The van der Waals surface area contributed by atoms with Crippen LogP contribution in [0.15, 0.2) is 12.3 Å². The summed E-state index contributed by atoms with van der Waals surface area (Å²) >= 11 is 0. The van der Waals surface area contributed by atoms with Crippen LogP contribution in [0.4, 0.5) is 11.8 Å². The van der Waals surface area contributed by atoms with Crippen molar-refractivity contribution in [3.8, 4) is 0 Å². The lowest BCUT2D eigenvalue weighted by Gasteiger charge is -2.11. The van der Waals surface area contributed by atoms with Gasteiger partial charge in [0, 0.05) is 31.8 Å². The summed E-state index contributed by atoms with van der Waals surface area (Å²) in [7, 11) is 0. The van der Waals surface area contributed by atoms with Crippen LogP contribution in [0.3, 0.4) is 0 Å². The number of aromatic nitrogens is 2. The molecule has 5 nitrogen and oxygen atoms in total. The highest BCUT2D eigenvalue weighted by molar-refractivity contribution is 5.39. The second kappa shape index (κ2) is 7.16. The van der Waals surface area contributed by atoms with E-state index in [1.54, 1.807) is 6.20 Å². The fraction of sp³-hybridized carbons (Fsp3) is 0.692. The van der Waals surface area contributed by atoms with Crippen LogP contribution in [-0.4, -0.2) is 36.3 Å². The van der Waals surface area contributed by atoms with Gasteiger partial charge in [-0.25, -0.2) is 4.98 Å². The number of ether oxygens (including phenoxy) is 1. The molecule has 1 aliphatic rings. The van der Waals surface area contributed by atoms with E-state index in [-0.39, 0.29) is 0 Å². The molecule has 2 N–H and O–H groups in total. The van der Waals surface area contributed by atoms with Crippen LogP contribution >= 0.6 is 0 Å². The Bertz CT molecular complexity index is 353. The van der Waals surface area contributed by atoms with Crippen molar-refractivity contribution in [2.24, 2.45) is 5.92 Å². The van der Waals surface area contributed by atoms with E-state index >= 15 is 0 Å². The quantitative estimate of drug-likeness (QED) is 0.726. The summed E-state index contributed by atoms with van der Waals surface area (Å²) < 4.78 is 5.35. The number of nitrogens with one attached hydrogen (secondary N) is 2. The molecule has 0 aliphatic carbocycles. The molecule has 0 radical (unpaired) electrons. The number of nitrogens with zero attached hydrogens (tertiary/aromatic N) is 2. The van der Waals surface area contributed by atoms with Gasteiger partial charge in [-0.1, -0.05) is 13.3 Å². The van der Waals surface area contributed by atoms with E-state index in [0.717, 1.165) is 45.0 Å². The molecule has 1 atom stereocenters. The van der Waals surface area contributed by atoms with Gasteiger partial charge < -0.3 is 15.4 Å². The molecular formula is C13H22N4O. The number of hydrogen-bond acceptors (Lipinski definition) is 5. The van der Waals surface area contributed by atoms with Crippen LogP contribution in [0.2, 0.25) is 0 Å².